The monoisotopic (exact) mass is 291 g/mol. The van der Waals surface area contributed by atoms with Gasteiger partial charge in [0.15, 0.2) is 0 Å². The third kappa shape index (κ3) is 8.15. The minimum atomic E-state index is -0.318. The van der Waals surface area contributed by atoms with E-state index >= 15 is 0 Å². The SMILES string of the molecule is CC(C)(C)OC=O.Oc1cccc(C=C2CCNCC2)c1. The Balaban J connectivity index is 0.000000270. The molecule has 1 aromatic carbocycles. The van der Waals surface area contributed by atoms with Crippen LogP contribution in [0, 0.1) is 0 Å². The number of benzene rings is 1. The molecule has 1 aromatic rings. The van der Waals surface area contributed by atoms with Crippen LogP contribution in [0.1, 0.15) is 39.2 Å². The second-order valence-electron chi connectivity index (χ2n) is 5.97. The summed E-state index contributed by atoms with van der Waals surface area (Å²) in [6.07, 6.45) is 4.42. The van der Waals surface area contributed by atoms with Crippen LogP contribution in [0.2, 0.25) is 0 Å². The van der Waals surface area contributed by atoms with Gasteiger partial charge in [0.25, 0.3) is 6.47 Å². The number of rotatable bonds is 2. The van der Waals surface area contributed by atoms with Crippen LogP contribution in [0.15, 0.2) is 29.8 Å². The van der Waals surface area contributed by atoms with Gasteiger partial charge in [0.1, 0.15) is 11.4 Å². The van der Waals surface area contributed by atoms with Crippen LogP contribution in [-0.4, -0.2) is 30.3 Å². The van der Waals surface area contributed by atoms with Gasteiger partial charge in [-0.2, -0.15) is 0 Å². The van der Waals surface area contributed by atoms with Gasteiger partial charge in [0, 0.05) is 0 Å². The second-order valence-corrected chi connectivity index (χ2v) is 5.97. The highest BCUT2D eigenvalue weighted by molar-refractivity contribution is 5.54. The Morgan fingerprint density at radius 2 is 1.90 bits per heavy atom. The van der Waals surface area contributed by atoms with Crippen LogP contribution in [0.4, 0.5) is 0 Å². The van der Waals surface area contributed by atoms with Crippen molar-refractivity contribution in [3.8, 4) is 5.75 Å². The van der Waals surface area contributed by atoms with E-state index in [0.717, 1.165) is 31.5 Å². The molecule has 0 bridgehead atoms. The number of hydrogen-bond donors (Lipinski definition) is 2. The summed E-state index contributed by atoms with van der Waals surface area (Å²) in [5.41, 5.74) is 2.25. The van der Waals surface area contributed by atoms with Crippen LogP contribution in [0.5, 0.6) is 5.75 Å². The van der Waals surface area contributed by atoms with E-state index in [0.29, 0.717) is 12.2 Å². The fourth-order valence-corrected chi connectivity index (χ4v) is 1.89. The molecule has 0 atom stereocenters. The Hall–Kier alpha value is -1.81. The molecule has 2 rings (SSSR count). The predicted octanol–water partition coefficient (Wildman–Crippen LogP) is 3.12. The number of nitrogens with one attached hydrogen (secondary N) is 1. The lowest BCUT2D eigenvalue weighted by atomic mass is 10.0. The standard InChI is InChI=1S/C12H15NO.C5H10O2/c14-12-3-1-2-11(9-12)8-10-4-6-13-7-5-10;1-5(2,3)7-4-6/h1-3,8-9,13-14H,4-7H2;4H,1-3H3. The second kappa shape index (κ2) is 8.47. The lowest BCUT2D eigenvalue weighted by molar-refractivity contribution is -0.138. The van der Waals surface area contributed by atoms with E-state index in [1.807, 2.05) is 32.9 Å². The molecule has 0 saturated carbocycles. The van der Waals surface area contributed by atoms with Gasteiger partial charge in [-0.3, -0.25) is 4.79 Å². The average molecular weight is 291 g/mol. The first-order valence-corrected chi connectivity index (χ1v) is 7.21. The molecule has 2 N–H and O–H groups in total. The van der Waals surface area contributed by atoms with Gasteiger partial charge < -0.3 is 15.2 Å². The maximum Gasteiger partial charge on any atom is 0.293 e. The zero-order valence-corrected chi connectivity index (χ0v) is 13.1. The van der Waals surface area contributed by atoms with Gasteiger partial charge in [-0.1, -0.05) is 23.8 Å². The van der Waals surface area contributed by atoms with Crippen molar-refractivity contribution in [3.05, 3.63) is 35.4 Å². The van der Waals surface area contributed by atoms with E-state index in [2.05, 4.69) is 16.1 Å². The van der Waals surface area contributed by atoms with Crippen molar-refractivity contribution in [2.75, 3.05) is 13.1 Å². The number of carbonyl (C=O) groups is 1. The van der Waals surface area contributed by atoms with Gasteiger partial charge in [-0.15, -0.1) is 0 Å². The Morgan fingerprint density at radius 1 is 1.24 bits per heavy atom. The molecular weight excluding hydrogens is 266 g/mol. The Bertz CT molecular complexity index is 467. The molecule has 0 aromatic heterocycles. The molecule has 1 aliphatic rings. The summed E-state index contributed by atoms with van der Waals surface area (Å²) in [6, 6.07) is 7.40. The Kier molecular flexibility index (Phi) is 6.96. The van der Waals surface area contributed by atoms with Crippen molar-refractivity contribution in [1.29, 1.82) is 0 Å². The summed E-state index contributed by atoms with van der Waals surface area (Å²) in [7, 11) is 0. The quantitative estimate of drug-likeness (QED) is 0.822. The zero-order chi connectivity index (χ0) is 15.7. The predicted molar refractivity (Wildman–Crippen MR) is 85.1 cm³/mol. The molecule has 0 unspecified atom stereocenters. The van der Waals surface area contributed by atoms with Crippen molar-refractivity contribution < 1.29 is 14.6 Å². The molecule has 0 radical (unpaired) electrons. The number of aromatic hydroxyl groups is 1. The number of phenols is 1. The van der Waals surface area contributed by atoms with Gasteiger partial charge >= 0.3 is 0 Å². The molecule has 1 fully saturated rings. The number of phenolic OH excluding ortho intramolecular Hbond substituents is 1. The van der Waals surface area contributed by atoms with E-state index in [9.17, 15) is 9.90 Å². The summed E-state index contributed by atoms with van der Waals surface area (Å²) in [4.78, 5) is 9.60. The van der Waals surface area contributed by atoms with Crippen LogP contribution >= 0.6 is 0 Å². The first kappa shape index (κ1) is 17.2. The highest BCUT2D eigenvalue weighted by Gasteiger charge is 2.07. The van der Waals surface area contributed by atoms with E-state index < -0.39 is 0 Å². The third-order valence-electron chi connectivity index (χ3n) is 2.89. The number of carbonyl (C=O) groups excluding carboxylic acids is 1. The zero-order valence-electron chi connectivity index (χ0n) is 13.1. The molecule has 4 heteroatoms. The molecular formula is C17H25NO3. The largest absolute Gasteiger partial charge is 0.508 e. The van der Waals surface area contributed by atoms with E-state index in [1.165, 1.54) is 5.57 Å². The van der Waals surface area contributed by atoms with Gasteiger partial charge in [-0.05, 0) is 64.4 Å². The Morgan fingerprint density at radius 3 is 2.38 bits per heavy atom. The van der Waals surface area contributed by atoms with Crippen molar-refractivity contribution in [3.63, 3.8) is 0 Å². The number of piperidine rings is 1. The smallest absolute Gasteiger partial charge is 0.293 e. The Labute approximate surface area is 126 Å². The molecule has 21 heavy (non-hydrogen) atoms. The molecule has 0 amide bonds. The lowest BCUT2D eigenvalue weighted by Crippen LogP contribution is -2.22. The molecule has 0 spiro atoms. The van der Waals surface area contributed by atoms with Crippen molar-refractivity contribution in [2.45, 2.75) is 39.2 Å². The van der Waals surface area contributed by atoms with Gasteiger partial charge in [0.2, 0.25) is 0 Å². The first-order valence-electron chi connectivity index (χ1n) is 7.21. The van der Waals surface area contributed by atoms with Crippen LogP contribution in [0.3, 0.4) is 0 Å². The summed E-state index contributed by atoms with van der Waals surface area (Å²) in [6.45, 7) is 8.07. The van der Waals surface area contributed by atoms with Gasteiger partial charge in [-0.25, -0.2) is 0 Å². The molecule has 116 valence electrons. The van der Waals surface area contributed by atoms with E-state index in [1.54, 1.807) is 12.1 Å². The number of hydrogen-bond acceptors (Lipinski definition) is 4. The van der Waals surface area contributed by atoms with E-state index in [4.69, 9.17) is 0 Å². The van der Waals surface area contributed by atoms with Crippen molar-refractivity contribution >= 4 is 12.5 Å². The fourth-order valence-electron chi connectivity index (χ4n) is 1.89. The minimum absolute atomic E-state index is 0.318. The van der Waals surface area contributed by atoms with Crippen molar-refractivity contribution in [1.82, 2.24) is 5.32 Å². The van der Waals surface area contributed by atoms with Crippen LogP contribution in [-0.2, 0) is 9.53 Å². The molecule has 1 aliphatic heterocycles. The molecule has 4 nitrogen and oxygen atoms in total. The van der Waals surface area contributed by atoms with Crippen LogP contribution in [0.25, 0.3) is 6.08 Å². The number of ether oxygens (including phenoxy) is 1. The summed E-state index contributed by atoms with van der Waals surface area (Å²) < 4.78 is 4.55. The van der Waals surface area contributed by atoms with Crippen LogP contribution < -0.4 is 5.32 Å². The maximum atomic E-state index is 9.60. The molecule has 0 aliphatic carbocycles. The highest BCUT2D eigenvalue weighted by Crippen LogP contribution is 2.18. The normalized spacial score (nSPS) is 14.7. The summed E-state index contributed by atoms with van der Waals surface area (Å²) >= 11 is 0. The van der Waals surface area contributed by atoms with Crippen molar-refractivity contribution in [2.24, 2.45) is 0 Å². The lowest BCUT2D eigenvalue weighted by Gasteiger charge is -2.15. The third-order valence-corrected chi connectivity index (χ3v) is 2.89. The molecule has 1 saturated heterocycles. The highest BCUT2D eigenvalue weighted by atomic mass is 16.5. The maximum absolute atomic E-state index is 9.60. The minimum Gasteiger partial charge on any atom is -0.508 e. The average Bonchev–Trinajstić information content (AvgIpc) is 2.39. The van der Waals surface area contributed by atoms with Gasteiger partial charge in [0.05, 0.1) is 0 Å². The summed E-state index contributed by atoms with van der Waals surface area (Å²) in [5, 5.41) is 12.6. The summed E-state index contributed by atoms with van der Waals surface area (Å²) in [5.74, 6) is 0.341. The topological polar surface area (TPSA) is 58.6 Å². The van der Waals surface area contributed by atoms with E-state index in [-0.39, 0.29) is 5.60 Å². The fraction of sp³-hybridized carbons (Fsp3) is 0.471. The molecule has 1 heterocycles. The first-order chi connectivity index (χ1) is 9.90.